The van der Waals surface area contributed by atoms with E-state index >= 15 is 0 Å². The molecule has 3 aromatic rings. The fourth-order valence-electron chi connectivity index (χ4n) is 2.57. The molecule has 0 aliphatic carbocycles. The highest BCUT2D eigenvalue weighted by atomic mass is 35.5. The third kappa shape index (κ3) is 4.63. The van der Waals surface area contributed by atoms with Gasteiger partial charge in [-0.3, -0.25) is 9.59 Å². The Morgan fingerprint density at radius 1 is 1.21 bits per heavy atom. The van der Waals surface area contributed by atoms with E-state index in [2.05, 4.69) is 20.8 Å². The van der Waals surface area contributed by atoms with Gasteiger partial charge in [-0.05, 0) is 50.6 Å². The molecule has 2 aromatic heterocycles. The maximum atomic E-state index is 13.2. The van der Waals surface area contributed by atoms with Gasteiger partial charge in [-0.2, -0.15) is 4.98 Å². The van der Waals surface area contributed by atoms with Gasteiger partial charge in [-0.15, -0.1) is 11.3 Å². The first-order chi connectivity index (χ1) is 13.6. The van der Waals surface area contributed by atoms with E-state index in [4.69, 9.17) is 16.1 Å². The highest BCUT2D eigenvalue weighted by Gasteiger charge is 2.30. The molecule has 0 radical (unpaired) electrons. The summed E-state index contributed by atoms with van der Waals surface area (Å²) >= 11 is 7.04. The van der Waals surface area contributed by atoms with E-state index in [9.17, 15) is 14.0 Å². The monoisotopic (exact) mass is 436 g/mol. The van der Waals surface area contributed by atoms with E-state index in [1.807, 2.05) is 0 Å². The highest BCUT2D eigenvalue weighted by molar-refractivity contribution is 7.18. The molecule has 1 aromatic carbocycles. The Labute approximate surface area is 175 Å². The number of hydrogen-bond acceptors (Lipinski definition) is 6. The molecule has 0 bridgehead atoms. The van der Waals surface area contributed by atoms with Crippen LogP contribution in [0.2, 0.25) is 5.02 Å². The van der Waals surface area contributed by atoms with Crippen LogP contribution in [0.25, 0.3) is 0 Å². The van der Waals surface area contributed by atoms with Crippen LogP contribution in [0.3, 0.4) is 0 Å². The van der Waals surface area contributed by atoms with E-state index < -0.39 is 17.3 Å². The standard InChI is InChI=1S/C19H18ClFN4O3S/c1-9-7-14(23-16(26)12-6-5-11(21)8-13(12)20)29-15(9)17(27)24-19(3,4)18-22-10(2)28-25-18/h5-8H,1-4H3,(H,23,26)(H,24,27). The van der Waals surface area contributed by atoms with Gasteiger partial charge >= 0.3 is 0 Å². The Bertz CT molecular complexity index is 1090. The lowest BCUT2D eigenvalue weighted by Gasteiger charge is -2.22. The molecular formula is C19H18ClFN4O3S. The van der Waals surface area contributed by atoms with Crippen LogP contribution >= 0.6 is 22.9 Å². The lowest BCUT2D eigenvalue weighted by atomic mass is 10.0. The summed E-state index contributed by atoms with van der Waals surface area (Å²) in [4.78, 5) is 29.8. The number of halogens is 2. The fraction of sp³-hybridized carbons (Fsp3) is 0.263. The summed E-state index contributed by atoms with van der Waals surface area (Å²) < 4.78 is 18.1. The van der Waals surface area contributed by atoms with Crippen LogP contribution in [0, 0.1) is 19.7 Å². The summed E-state index contributed by atoms with van der Waals surface area (Å²) in [5.41, 5.74) is -0.0251. The van der Waals surface area contributed by atoms with Crippen molar-refractivity contribution in [2.75, 3.05) is 5.32 Å². The zero-order valence-electron chi connectivity index (χ0n) is 16.1. The number of amides is 2. The number of benzene rings is 1. The van der Waals surface area contributed by atoms with Gasteiger partial charge in [0, 0.05) is 6.92 Å². The van der Waals surface area contributed by atoms with Crippen molar-refractivity contribution in [1.82, 2.24) is 15.5 Å². The van der Waals surface area contributed by atoms with Crippen molar-refractivity contribution in [3.63, 3.8) is 0 Å². The normalized spacial score (nSPS) is 11.4. The summed E-state index contributed by atoms with van der Waals surface area (Å²) in [5.74, 6) is -0.598. The van der Waals surface area contributed by atoms with Crippen molar-refractivity contribution in [1.29, 1.82) is 0 Å². The number of nitrogens with one attached hydrogen (secondary N) is 2. The summed E-state index contributed by atoms with van der Waals surface area (Å²) in [5, 5.41) is 9.88. The Kier molecular flexibility index (Phi) is 5.72. The van der Waals surface area contributed by atoms with Crippen molar-refractivity contribution in [2.24, 2.45) is 0 Å². The number of thiophene rings is 1. The molecule has 0 fully saturated rings. The predicted octanol–water partition coefficient (Wildman–Crippen LogP) is 4.46. The van der Waals surface area contributed by atoms with Crippen molar-refractivity contribution in [2.45, 2.75) is 33.2 Å². The Hall–Kier alpha value is -2.78. The third-order valence-electron chi connectivity index (χ3n) is 4.05. The predicted molar refractivity (Wildman–Crippen MR) is 108 cm³/mol. The number of carbonyl (C=O) groups is 2. The second kappa shape index (κ2) is 7.92. The largest absolute Gasteiger partial charge is 0.340 e. The topological polar surface area (TPSA) is 97.1 Å². The van der Waals surface area contributed by atoms with Gasteiger partial charge in [-0.25, -0.2) is 4.39 Å². The molecule has 0 unspecified atom stereocenters. The molecule has 7 nitrogen and oxygen atoms in total. The first kappa shape index (κ1) is 20.9. The third-order valence-corrected chi connectivity index (χ3v) is 5.51. The summed E-state index contributed by atoms with van der Waals surface area (Å²) in [6, 6.07) is 5.20. The lowest BCUT2D eigenvalue weighted by molar-refractivity contribution is 0.0910. The molecule has 0 aliphatic rings. The number of carbonyl (C=O) groups excluding carboxylic acids is 2. The summed E-state index contributed by atoms with van der Waals surface area (Å²) in [7, 11) is 0. The summed E-state index contributed by atoms with van der Waals surface area (Å²) in [6.45, 7) is 6.95. The molecule has 2 N–H and O–H groups in total. The molecule has 3 rings (SSSR count). The van der Waals surface area contributed by atoms with Crippen LogP contribution in [0.15, 0.2) is 28.8 Å². The smallest absolute Gasteiger partial charge is 0.262 e. The second-order valence-electron chi connectivity index (χ2n) is 6.92. The van der Waals surface area contributed by atoms with Gasteiger partial charge in [-0.1, -0.05) is 16.8 Å². The molecule has 0 atom stereocenters. The van der Waals surface area contributed by atoms with Gasteiger partial charge in [0.05, 0.1) is 26.0 Å². The Morgan fingerprint density at radius 2 is 1.93 bits per heavy atom. The van der Waals surface area contributed by atoms with Crippen LogP contribution in [0.1, 0.15) is 51.2 Å². The molecule has 29 heavy (non-hydrogen) atoms. The van der Waals surface area contributed by atoms with Gasteiger partial charge in [0.25, 0.3) is 11.8 Å². The molecule has 0 saturated heterocycles. The molecule has 10 heteroatoms. The molecule has 0 spiro atoms. The molecular weight excluding hydrogens is 419 g/mol. The lowest BCUT2D eigenvalue weighted by Crippen LogP contribution is -2.41. The van der Waals surface area contributed by atoms with Crippen LogP contribution in [0.5, 0.6) is 0 Å². The number of anilines is 1. The minimum atomic E-state index is -0.851. The van der Waals surface area contributed by atoms with E-state index in [0.717, 1.165) is 23.5 Å². The SMILES string of the molecule is Cc1nc(C(C)(C)NC(=O)c2sc(NC(=O)c3ccc(F)cc3Cl)cc2C)no1. The highest BCUT2D eigenvalue weighted by Crippen LogP contribution is 2.29. The van der Waals surface area contributed by atoms with Crippen molar-refractivity contribution < 1.29 is 18.5 Å². The van der Waals surface area contributed by atoms with Crippen LogP contribution < -0.4 is 10.6 Å². The number of nitrogens with zero attached hydrogens (tertiary/aromatic N) is 2. The van der Waals surface area contributed by atoms with Crippen LogP contribution in [-0.4, -0.2) is 22.0 Å². The summed E-state index contributed by atoms with van der Waals surface area (Å²) in [6.07, 6.45) is 0. The first-order valence-corrected chi connectivity index (χ1v) is 9.76. The van der Waals surface area contributed by atoms with Crippen molar-refractivity contribution >= 4 is 39.8 Å². The zero-order chi connectivity index (χ0) is 21.3. The first-order valence-electron chi connectivity index (χ1n) is 8.57. The number of hydrogen-bond donors (Lipinski definition) is 2. The average Bonchev–Trinajstić information content (AvgIpc) is 3.20. The number of aromatic nitrogens is 2. The minimum absolute atomic E-state index is 0.00546. The quantitative estimate of drug-likeness (QED) is 0.615. The zero-order valence-corrected chi connectivity index (χ0v) is 17.7. The van der Waals surface area contributed by atoms with Gasteiger partial charge in [0.2, 0.25) is 5.89 Å². The molecule has 2 amide bonds. The van der Waals surface area contributed by atoms with Crippen LogP contribution in [0.4, 0.5) is 9.39 Å². The van der Waals surface area contributed by atoms with Crippen molar-refractivity contribution in [3.05, 3.63) is 62.8 Å². The van der Waals surface area contributed by atoms with Crippen LogP contribution in [-0.2, 0) is 5.54 Å². The second-order valence-corrected chi connectivity index (χ2v) is 8.38. The van der Waals surface area contributed by atoms with Gasteiger partial charge < -0.3 is 15.2 Å². The van der Waals surface area contributed by atoms with Crippen molar-refractivity contribution in [3.8, 4) is 0 Å². The van der Waals surface area contributed by atoms with E-state index in [1.165, 1.54) is 6.07 Å². The minimum Gasteiger partial charge on any atom is -0.340 e. The Balaban J connectivity index is 1.75. The fourth-order valence-corrected chi connectivity index (χ4v) is 3.79. The van der Waals surface area contributed by atoms with Gasteiger partial charge in [0.1, 0.15) is 5.82 Å². The maximum Gasteiger partial charge on any atom is 0.262 e. The number of aryl methyl sites for hydroxylation is 2. The molecule has 0 aliphatic heterocycles. The molecule has 152 valence electrons. The molecule has 0 saturated carbocycles. The molecule has 2 heterocycles. The van der Waals surface area contributed by atoms with Gasteiger partial charge in [0.15, 0.2) is 5.82 Å². The van der Waals surface area contributed by atoms with E-state index in [0.29, 0.717) is 27.2 Å². The Morgan fingerprint density at radius 3 is 2.55 bits per heavy atom. The van der Waals surface area contributed by atoms with E-state index in [1.54, 1.807) is 33.8 Å². The number of rotatable bonds is 5. The van der Waals surface area contributed by atoms with E-state index in [-0.39, 0.29) is 16.5 Å². The maximum absolute atomic E-state index is 13.2. The average molecular weight is 437 g/mol.